The summed E-state index contributed by atoms with van der Waals surface area (Å²) >= 11 is 0. The first-order valence-corrected chi connectivity index (χ1v) is 6.33. The zero-order valence-corrected chi connectivity index (χ0v) is 10.4. The van der Waals surface area contributed by atoms with Gasteiger partial charge in [-0.2, -0.15) is 0 Å². The fourth-order valence-corrected chi connectivity index (χ4v) is 2.55. The molecule has 1 saturated heterocycles. The summed E-state index contributed by atoms with van der Waals surface area (Å²) in [4.78, 5) is 12.7. The van der Waals surface area contributed by atoms with Crippen molar-refractivity contribution in [3.05, 3.63) is 35.4 Å². The highest BCUT2D eigenvalue weighted by Gasteiger charge is 2.26. The third-order valence-electron chi connectivity index (χ3n) is 3.60. The minimum Gasteiger partial charge on any atom is -0.369 e. The summed E-state index contributed by atoms with van der Waals surface area (Å²) in [6, 6.07) is 8.64. The van der Waals surface area contributed by atoms with Gasteiger partial charge in [0.25, 0.3) is 0 Å². The Labute approximate surface area is 103 Å². The number of amides is 1. The molecule has 3 N–H and O–H groups in total. The number of piperidine rings is 1. The van der Waals surface area contributed by atoms with E-state index in [0.29, 0.717) is 0 Å². The highest BCUT2D eigenvalue weighted by atomic mass is 16.1. The Hall–Kier alpha value is -1.35. The van der Waals surface area contributed by atoms with Crippen LogP contribution in [0, 0.1) is 12.8 Å². The summed E-state index contributed by atoms with van der Waals surface area (Å²) in [5, 5.41) is 0. The first-order valence-electron chi connectivity index (χ1n) is 6.33. The number of quaternary nitrogens is 1. The van der Waals surface area contributed by atoms with E-state index in [1.165, 1.54) is 16.0 Å². The van der Waals surface area contributed by atoms with Crippen LogP contribution in [0.3, 0.4) is 0 Å². The van der Waals surface area contributed by atoms with Crippen molar-refractivity contribution < 1.29 is 9.69 Å². The van der Waals surface area contributed by atoms with Crippen molar-refractivity contribution in [3.63, 3.8) is 0 Å². The number of likely N-dealkylation sites (tertiary alicyclic amines) is 1. The minimum atomic E-state index is -0.133. The summed E-state index contributed by atoms with van der Waals surface area (Å²) in [6.07, 6.45) is 2.07. The van der Waals surface area contributed by atoms with Gasteiger partial charge in [0.2, 0.25) is 5.91 Å². The number of benzene rings is 1. The molecule has 1 heterocycles. The van der Waals surface area contributed by atoms with Crippen LogP contribution in [0.2, 0.25) is 0 Å². The maximum Gasteiger partial charge on any atom is 0.226 e. The molecule has 1 unspecified atom stereocenters. The van der Waals surface area contributed by atoms with Gasteiger partial charge in [0, 0.05) is 5.56 Å². The molecule has 92 valence electrons. The molecule has 0 aromatic heterocycles. The van der Waals surface area contributed by atoms with Gasteiger partial charge in [-0.05, 0) is 19.8 Å². The number of carbonyl (C=O) groups is 1. The molecule has 3 heteroatoms. The number of rotatable bonds is 3. The minimum absolute atomic E-state index is 0.0733. The van der Waals surface area contributed by atoms with Crippen molar-refractivity contribution in [1.82, 2.24) is 0 Å². The van der Waals surface area contributed by atoms with Gasteiger partial charge in [0.05, 0.1) is 19.0 Å². The largest absolute Gasteiger partial charge is 0.369 e. The van der Waals surface area contributed by atoms with Crippen molar-refractivity contribution in [2.24, 2.45) is 11.7 Å². The molecule has 0 aliphatic carbocycles. The molecule has 1 aliphatic rings. The predicted octanol–water partition coefficient (Wildman–Crippen LogP) is 0.275. The van der Waals surface area contributed by atoms with Gasteiger partial charge in [-0.15, -0.1) is 0 Å². The standard InChI is InChI=1S/C14H20N2O/c1-11-4-6-12(7-5-11)9-16-8-2-3-13(10-16)14(15)17/h4-7,13H,2-3,8-10H2,1H3,(H2,15,17)/p+1/t13-/m1/s1. The zero-order chi connectivity index (χ0) is 12.3. The predicted molar refractivity (Wildman–Crippen MR) is 67.5 cm³/mol. The van der Waals surface area contributed by atoms with E-state index in [-0.39, 0.29) is 11.8 Å². The van der Waals surface area contributed by atoms with Crippen LogP contribution >= 0.6 is 0 Å². The number of carbonyl (C=O) groups excluding carboxylic acids is 1. The van der Waals surface area contributed by atoms with Crippen molar-refractivity contribution in [2.45, 2.75) is 26.3 Å². The Morgan fingerprint density at radius 3 is 2.76 bits per heavy atom. The second-order valence-corrected chi connectivity index (χ2v) is 5.11. The second kappa shape index (κ2) is 5.32. The summed E-state index contributed by atoms with van der Waals surface area (Å²) in [6.45, 7) is 5.14. The Morgan fingerprint density at radius 2 is 2.12 bits per heavy atom. The molecular formula is C14H21N2O+. The van der Waals surface area contributed by atoms with Gasteiger partial charge in [-0.3, -0.25) is 4.79 Å². The molecule has 0 radical (unpaired) electrons. The Bertz CT molecular complexity index is 386. The molecule has 2 atom stereocenters. The van der Waals surface area contributed by atoms with Gasteiger partial charge in [-0.1, -0.05) is 29.8 Å². The third kappa shape index (κ3) is 3.30. The fourth-order valence-electron chi connectivity index (χ4n) is 2.55. The van der Waals surface area contributed by atoms with Crippen LogP contribution in [0.4, 0.5) is 0 Å². The van der Waals surface area contributed by atoms with Crippen LogP contribution in [0.15, 0.2) is 24.3 Å². The van der Waals surface area contributed by atoms with Gasteiger partial charge in [-0.25, -0.2) is 0 Å². The molecule has 0 saturated carbocycles. The fraction of sp³-hybridized carbons (Fsp3) is 0.500. The lowest BCUT2D eigenvalue weighted by Crippen LogP contribution is -3.12. The van der Waals surface area contributed by atoms with E-state index in [9.17, 15) is 4.79 Å². The van der Waals surface area contributed by atoms with Crippen LogP contribution in [0.5, 0.6) is 0 Å². The SMILES string of the molecule is Cc1ccc(C[NH+]2CCC[C@@H](C(N)=O)C2)cc1. The van der Waals surface area contributed by atoms with E-state index < -0.39 is 0 Å². The van der Waals surface area contributed by atoms with Crippen molar-refractivity contribution in [1.29, 1.82) is 0 Å². The maximum absolute atomic E-state index is 11.2. The quantitative estimate of drug-likeness (QED) is 0.774. The van der Waals surface area contributed by atoms with Crippen LogP contribution < -0.4 is 10.6 Å². The van der Waals surface area contributed by atoms with Crippen LogP contribution in [-0.4, -0.2) is 19.0 Å². The van der Waals surface area contributed by atoms with Gasteiger partial charge >= 0.3 is 0 Å². The molecule has 3 nitrogen and oxygen atoms in total. The van der Waals surface area contributed by atoms with Crippen molar-refractivity contribution in [3.8, 4) is 0 Å². The molecule has 1 aliphatic heterocycles. The number of hydrogen-bond acceptors (Lipinski definition) is 1. The van der Waals surface area contributed by atoms with Gasteiger partial charge < -0.3 is 10.6 Å². The zero-order valence-electron chi connectivity index (χ0n) is 10.4. The third-order valence-corrected chi connectivity index (χ3v) is 3.60. The molecular weight excluding hydrogens is 212 g/mol. The first-order chi connectivity index (χ1) is 8.15. The first kappa shape index (κ1) is 12.1. The number of nitrogens with two attached hydrogens (primary N) is 1. The summed E-state index contributed by atoms with van der Waals surface area (Å²) in [5.41, 5.74) is 8.02. The van der Waals surface area contributed by atoms with E-state index in [0.717, 1.165) is 32.5 Å². The summed E-state index contributed by atoms with van der Waals surface area (Å²) < 4.78 is 0. The highest BCUT2D eigenvalue weighted by Crippen LogP contribution is 2.07. The van der Waals surface area contributed by atoms with E-state index >= 15 is 0 Å². The number of hydrogen-bond donors (Lipinski definition) is 2. The van der Waals surface area contributed by atoms with Crippen molar-refractivity contribution >= 4 is 5.91 Å². The lowest BCUT2D eigenvalue weighted by atomic mass is 9.97. The molecule has 0 spiro atoms. The average molecular weight is 233 g/mol. The van der Waals surface area contributed by atoms with E-state index in [2.05, 4.69) is 31.2 Å². The van der Waals surface area contributed by atoms with Crippen molar-refractivity contribution in [2.75, 3.05) is 13.1 Å². The lowest BCUT2D eigenvalue weighted by Gasteiger charge is -2.28. The molecule has 1 aromatic carbocycles. The van der Waals surface area contributed by atoms with E-state index in [4.69, 9.17) is 5.73 Å². The molecule has 17 heavy (non-hydrogen) atoms. The topological polar surface area (TPSA) is 47.5 Å². The molecule has 0 bridgehead atoms. The average Bonchev–Trinajstić information content (AvgIpc) is 2.32. The molecule has 1 aromatic rings. The maximum atomic E-state index is 11.2. The van der Waals surface area contributed by atoms with E-state index in [1.54, 1.807) is 0 Å². The van der Waals surface area contributed by atoms with Gasteiger partial charge in [0.15, 0.2) is 0 Å². The Kier molecular flexibility index (Phi) is 3.79. The Balaban J connectivity index is 1.94. The molecule has 1 amide bonds. The highest BCUT2D eigenvalue weighted by molar-refractivity contribution is 5.76. The van der Waals surface area contributed by atoms with Crippen LogP contribution in [-0.2, 0) is 11.3 Å². The summed E-state index contributed by atoms with van der Waals surface area (Å²) in [5.74, 6) is -0.0599. The Morgan fingerprint density at radius 1 is 1.41 bits per heavy atom. The number of nitrogens with one attached hydrogen (secondary N) is 1. The van der Waals surface area contributed by atoms with Crippen LogP contribution in [0.25, 0.3) is 0 Å². The second-order valence-electron chi connectivity index (χ2n) is 5.11. The smallest absolute Gasteiger partial charge is 0.226 e. The number of aryl methyl sites for hydroxylation is 1. The molecule has 2 rings (SSSR count). The molecule has 1 fully saturated rings. The van der Waals surface area contributed by atoms with E-state index in [1.807, 2.05) is 0 Å². The number of primary amides is 1. The lowest BCUT2D eigenvalue weighted by molar-refractivity contribution is -0.921. The van der Waals surface area contributed by atoms with Crippen LogP contribution in [0.1, 0.15) is 24.0 Å². The monoisotopic (exact) mass is 233 g/mol. The summed E-state index contributed by atoms with van der Waals surface area (Å²) in [7, 11) is 0. The normalized spacial score (nSPS) is 24.5. The van der Waals surface area contributed by atoms with Gasteiger partial charge in [0.1, 0.15) is 6.54 Å².